The van der Waals surface area contributed by atoms with Gasteiger partial charge in [-0.15, -0.1) is 0 Å². The van der Waals surface area contributed by atoms with E-state index in [1.54, 1.807) is 14.2 Å². The first-order valence-corrected chi connectivity index (χ1v) is 6.81. The lowest BCUT2D eigenvalue weighted by atomic mass is 10.5. The van der Waals surface area contributed by atoms with E-state index in [1.807, 2.05) is 0 Å². The van der Waals surface area contributed by atoms with Crippen molar-refractivity contribution in [1.29, 1.82) is 0 Å². The summed E-state index contributed by atoms with van der Waals surface area (Å²) < 4.78 is 16.7. The molecule has 5 heteroatoms. The molecular formula is C8H19NO3Si. The van der Waals surface area contributed by atoms with Gasteiger partial charge in [0.1, 0.15) is 5.73 Å². The fourth-order valence-corrected chi connectivity index (χ4v) is 4.26. The highest BCUT2D eigenvalue weighted by Gasteiger charge is 2.44. The van der Waals surface area contributed by atoms with Crippen LogP contribution in [-0.4, -0.2) is 48.2 Å². The molecule has 0 saturated carbocycles. The van der Waals surface area contributed by atoms with Crippen LogP contribution < -0.4 is 5.32 Å². The van der Waals surface area contributed by atoms with Gasteiger partial charge in [-0.05, 0) is 6.04 Å². The highest BCUT2D eigenvalue weighted by atomic mass is 28.4. The number of ether oxygens (including phenoxy) is 1. The number of hydrogen-bond donors (Lipinski definition) is 1. The Kier molecular flexibility index (Phi) is 4.34. The number of hydrogen-bond acceptors (Lipinski definition) is 4. The third-order valence-electron chi connectivity index (χ3n) is 2.60. The Balaban J connectivity index is 2.60. The molecule has 1 aliphatic heterocycles. The van der Waals surface area contributed by atoms with Gasteiger partial charge in [0.25, 0.3) is 0 Å². The molecule has 0 aromatic rings. The van der Waals surface area contributed by atoms with Crippen LogP contribution in [0.3, 0.4) is 0 Å². The maximum atomic E-state index is 5.67. The normalized spacial score (nSPS) is 24.7. The fourth-order valence-electron chi connectivity index (χ4n) is 1.71. The summed E-state index contributed by atoms with van der Waals surface area (Å²) in [5.74, 6) is 0. The van der Waals surface area contributed by atoms with Gasteiger partial charge in [0.2, 0.25) is 0 Å². The van der Waals surface area contributed by atoms with Crippen LogP contribution in [0.2, 0.25) is 6.04 Å². The molecule has 1 N–H and O–H groups in total. The van der Waals surface area contributed by atoms with Gasteiger partial charge < -0.3 is 18.9 Å². The summed E-state index contributed by atoms with van der Waals surface area (Å²) >= 11 is 0. The van der Waals surface area contributed by atoms with Crippen molar-refractivity contribution in [3.05, 3.63) is 0 Å². The molecule has 1 unspecified atom stereocenters. The number of morpholine rings is 1. The Morgan fingerprint density at radius 3 is 2.54 bits per heavy atom. The minimum Gasteiger partial charge on any atom is -0.396 e. The molecule has 1 aliphatic rings. The van der Waals surface area contributed by atoms with Gasteiger partial charge in [-0.1, -0.05) is 6.92 Å². The standard InChI is InChI=1S/C8H19NO3Si/c1-4-13(10-2,11-3)8-7-9-5-6-12-8/h8-9H,4-7H2,1-3H3. The SMILES string of the molecule is CC[Si](OC)(OC)C1CNCCO1. The molecule has 4 nitrogen and oxygen atoms in total. The van der Waals surface area contributed by atoms with E-state index in [2.05, 4.69) is 12.2 Å². The molecule has 0 amide bonds. The van der Waals surface area contributed by atoms with Crippen molar-refractivity contribution in [3.8, 4) is 0 Å². The van der Waals surface area contributed by atoms with Gasteiger partial charge >= 0.3 is 8.56 Å². The Morgan fingerprint density at radius 2 is 2.15 bits per heavy atom. The Morgan fingerprint density at radius 1 is 1.46 bits per heavy atom. The average Bonchev–Trinajstić information content (AvgIpc) is 2.23. The third-order valence-corrected chi connectivity index (χ3v) is 6.32. The molecule has 13 heavy (non-hydrogen) atoms. The molecule has 78 valence electrons. The zero-order valence-electron chi connectivity index (χ0n) is 8.63. The summed E-state index contributed by atoms with van der Waals surface area (Å²) in [6.07, 6.45) is 0. The first kappa shape index (κ1) is 11.1. The van der Waals surface area contributed by atoms with Gasteiger partial charge in [-0.3, -0.25) is 0 Å². The minimum absolute atomic E-state index is 0.126. The van der Waals surface area contributed by atoms with Crippen LogP contribution >= 0.6 is 0 Å². The minimum atomic E-state index is -2.10. The van der Waals surface area contributed by atoms with E-state index in [9.17, 15) is 0 Å². The molecule has 0 aliphatic carbocycles. The van der Waals surface area contributed by atoms with Crippen molar-refractivity contribution in [3.63, 3.8) is 0 Å². The molecule has 0 radical (unpaired) electrons. The Hall–Kier alpha value is 0.0569. The van der Waals surface area contributed by atoms with E-state index in [0.29, 0.717) is 0 Å². The van der Waals surface area contributed by atoms with E-state index in [4.69, 9.17) is 13.6 Å². The lowest BCUT2D eigenvalue weighted by Gasteiger charge is -2.36. The second-order valence-corrected chi connectivity index (χ2v) is 6.93. The van der Waals surface area contributed by atoms with Crippen LogP contribution in [0.15, 0.2) is 0 Å². The highest BCUT2D eigenvalue weighted by molar-refractivity contribution is 6.68. The second-order valence-electron chi connectivity index (χ2n) is 3.14. The number of nitrogens with one attached hydrogen (secondary N) is 1. The van der Waals surface area contributed by atoms with Gasteiger partial charge in [-0.25, -0.2) is 0 Å². The molecule has 0 aromatic carbocycles. The smallest absolute Gasteiger partial charge is 0.368 e. The molecular weight excluding hydrogens is 186 g/mol. The van der Waals surface area contributed by atoms with Gasteiger partial charge in [0.05, 0.1) is 6.61 Å². The molecule has 0 aromatic heterocycles. The zero-order chi connectivity index (χ0) is 9.73. The van der Waals surface area contributed by atoms with Crippen molar-refractivity contribution in [2.75, 3.05) is 33.9 Å². The maximum Gasteiger partial charge on any atom is 0.368 e. The summed E-state index contributed by atoms with van der Waals surface area (Å²) in [6.45, 7) is 4.63. The zero-order valence-corrected chi connectivity index (χ0v) is 9.63. The predicted octanol–water partition coefficient (Wildman–Crippen LogP) is 0.269. The second kappa shape index (κ2) is 5.07. The largest absolute Gasteiger partial charge is 0.396 e. The Labute approximate surface area is 80.8 Å². The Bertz CT molecular complexity index is 138. The maximum absolute atomic E-state index is 5.67. The van der Waals surface area contributed by atoms with E-state index in [-0.39, 0.29) is 5.73 Å². The quantitative estimate of drug-likeness (QED) is 0.669. The van der Waals surface area contributed by atoms with Gasteiger partial charge in [-0.2, -0.15) is 0 Å². The van der Waals surface area contributed by atoms with Gasteiger partial charge in [0, 0.05) is 27.3 Å². The molecule has 1 fully saturated rings. The van der Waals surface area contributed by atoms with Crippen molar-refractivity contribution >= 4 is 8.56 Å². The number of rotatable bonds is 4. The third kappa shape index (κ3) is 2.29. The van der Waals surface area contributed by atoms with Gasteiger partial charge in [0.15, 0.2) is 0 Å². The summed E-state index contributed by atoms with van der Waals surface area (Å²) in [5.41, 5.74) is 0.126. The lowest BCUT2D eigenvalue weighted by Crippen LogP contribution is -2.59. The van der Waals surface area contributed by atoms with Crippen molar-refractivity contribution in [2.24, 2.45) is 0 Å². The molecule has 1 rings (SSSR count). The monoisotopic (exact) mass is 205 g/mol. The van der Waals surface area contributed by atoms with Crippen LogP contribution in [0.25, 0.3) is 0 Å². The van der Waals surface area contributed by atoms with E-state index >= 15 is 0 Å². The molecule has 1 atom stereocenters. The van der Waals surface area contributed by atoms with E-state index in [0.717, 1.165) is 25.7 Å². The molecule has 1 saturated heterocycles. The van der Waals surface area contributed by atoms with Crippen LogP contribution in [0.4, 0.5) is 0 Å². The van der Waals surface area contributed by atoms with Crippen LogP contribution in [0.5, 0.6) is 0 Å². The van der Waals surface area contributed by atoms with Crippen molar-refractivity contribution < 1.29 is 13.6 Å². The molecule has 0 spiro atoms. The highest BCUT2D eigenvalue weighted by Crippen LogP contribution is 2.19. The van der Waals surface area contributed by atoms with Crippen LogP contribution in [-0.2, 0) is 13.6 Å². The summed E-state index contributed by atoms with van der Waals surface area (Å²) in [6, 6.07) is 0.923. The van der Waals surface area contributed by atoms with Crippen LogP contribution in [0.1, 0.15) is 6.92 Å². The summed E-state index contributed by atoms with van der Waals surface area (Å²) in [5, 5.41) is 3.29. The van der Waals surface area contributed by atoms with E-state index in [1.165, 1.54) is 0 Å². The predicted molar refractivity (Wildman–Crippen MR) is 52.9 cm³/mol. The van der Waals surface area contributed by atoms with Crippen molar-refractivity contribution in [1.82, 2.24) is 5.32 Å². The first-order chi connectivity index (χ1) is 6.29. The van der Waals surface area contributed by atoms with Crippen molar-refractivity contribution in [2.45, 2.75) is 18.7 Å². The molecule has 0 bridgehead atoms. The molecule has 1 heterocycles. The topological polar surface area (TPSA) is 39.7 Å². The van der Waals surface area contributed by atoms with Crippen LogP contribution in [0, 0.1) is 0 Å². The lowest BCUT2D eigenvalue weighted by molar-refractivity contribution is 0.0369. The summed E-state index contributed by atoms with van der Waals surface area (Å²) in [4.78, 5) is 0. The average molecular weight is 205 g/mol. The summed E-state index contributed by atoms with van der Waals surface area (Å²) in [7, 11) is 1.34. The van der Waals surface area contributed by atoms with E-state index < -0.39 is 8.56 Å². The fraction of sp³-hybridized carbons (Fsp3) is 1.00. The first-order valence-electron chi connectivity index (χ1n) is 4.71.